The highest BCUT2D eigenvalue weighted by Gasteiger charge is 2.18. The van der Waals surface area contributed by atoms with E-state index < -0.39 is 18.0 Å². The van der Waals surface area contributed by atoms with Crippen LogP contribution in [0, 0.1) is 5.82 Å². The molecule has 0 spiro atoms. The maximum atomic E-state index is 15.2. The molecule has 4 aromatic rings. The van der Waals surface area contributed by atoms with Gasteiger partial charge in [-0.25, -0.2) is 9.37 Å². The Morgan fingerprint density at radius 1 is 0.857 bits per heavy atom. The molecule has 0 saturated carbocycles. The Labute approximate surface area is 254 Å². The molecule has 5 N–H and O–H groups in total. The molecule has 0 bridgehead atoms. The number of hydrogen-bond acceptors (Lipinski definition) is 8. The first-order chi connectivity index (χ1) is 20.2. The lowest BCUT2D eigenvalue weighted by Crippen LogP contribution is -2.24. The molecule has 0 saturated heterocycles. The van der Waals surface area contributed by atoms with Gasteiger partial charge in [0.05, 0.1) is 40.7 Å². The fourth-order valence-electron chi connectivity index (χ4n) is 4.39. The zero-order chi connectivity index (χ0) is 30.2. The second-order valence-corrected chi connectivity index (χ2v) is 10.7. The van der Waals surface area contributed by atoms with Crippen LogP contribution < -0.4 is 20.7 Å². The zero-order valence-electron chi connectivity index (χ0n) is 23.6. The number of rotatable bonds is 13. The number of aliphatic hydroxyl groups is 2. The van der Waals surface area contributed by atoms with E-state index in [0.717, 1.165) is 11.1 Å². The molecule has 222 valence electrons. The van der Waals surface area contributed by atoms with Crippen LogP contribution in [0.2, 0.25) is 10.0 Å². The first-order valence-electron chi connectivity index (χ1n) is 13.5. The summed E-state index contributed by atoms with van der Waals surface area (Å²) in [5.41, 5.74) is 4.39. The van der Waals surface area contributed by atoms with E-state index in [2.05, 4.69) is 25.9 Å². The summed E-state index contributed by atoms with van der Waals surface area (Å²) in [5, 5.41) is 28.9. The molecule has 2 atom stereocenters. The van der Waals surface area contributed by atoms with Crippen molar-refractivity contribution in [1.82, 2.24) is 20.6 Å². The highest BCUT2D eigenvalue weighted by molar-refractivity contribution is 6.39. The zero-order valence-corrected chi connectivity index (χ0v) is 25.1. The lowest BCUT2D eigenvalue weighted by molar-refractivity contribution is 0.190. The number of halogens is 3. The third kappa shape index (κ3) is 7.74. The number of pyridine rings is 2. The van der Waals surface area contributed by atoms with E-state index in [1.165, 1.54) is 6.20 Å². The second kappa shape index (κ2) is 14.7. The van der Waals surface area contributed by atoms with Gasteiger partial charge >= 0.3 is 0 Å². The lowest BCUT2D eigenvalue weighted by atomic mass is 10.0. The molecular formula is C31H34Cl2FN5O3. The van der Waals surface area contributed by atoms with Gasteiger partial charge in [0.15, 0.2) is 11.6 Å². The number of hydrogen-bond donors (Lipinski definition) is 5. The Balaban J connectivity index is 1.61. The van der Waals surface area contributed by atoms with Crippen LogP contribution in [0.4, 0.5) is 15.9 Å². The molecule has 0 aliphatic heterocycles. The van der Waals surface area contributed by atoms with Gasteiger partial charge in [0.25, 0.3) is 0 Å². The number of ether oxygens (including phenoxy) is 1. The van der Waals surface area contributed by atoms with Gasteiger partial charge < -0.3 is 30.9 Å². The van der Waals surface area contributed by atoms with Crippen LogP contribution in [-0.4, -0.2) is 52.6 Å². The minimum absolute atomic E-state index is 0.0297. The molecule has 2 heterocycles. The predicted octanol–water partition coefficient (Wildman–Crippen LogP) is 5.95. The topological polar surface area (TPSA) is 112 Å². The number of nitrogens with zero attached hydrogens (tertiary/aromatic N) is 2. The predicted molar refractivity (Wildman–Crippen MR) is 166 cm³/mol. The molecule has 2 aromatic carbocycles. The van der Waals surface area contributed by atoms with E-state index in [0.29, 0.717) is 63.5 Å². The molecule has 0 aliphatic rings. The van der Waals surface area contributed by atoms with Crippen molar-refractivity contribution in [3.8, 4) is 28.1 Å². The van der Waals surface area contributed by atoms with Gasteiger partial charge in [0, 0.05) is 66.4 Å². The van der Waals surface area contributed by atoms with Gasteiger partial charge in [-0.2, -0.15) is 0 Å². The highest BCUT2D eigenvalue weighted by atomic mass is 35.5. The monoisotopic (exact) mass is 613 g/mol. The van der Waals surface area contributed by atoms with Crippen molar-refractivity contribution in [2.45, 2.75) is 39.1 Å². The van der Waals surface area contributed by atoms with Crippen LogP contribution in [0.25, 0.3) is 22.4 Å². The fraction of sp³-hybridized carbons (Fsp3) is 0.290. The van der Waals surface area contributed by atoms with Crippen LogP contribution in [0.3, 0.4) is 0 Å². The van der Waals surface area contributed by atoms with E-state index in [-0.39, 0.29) is 12.4 Å². The second-order valence-electron chi connectivity index (χ2n) is 9.93. The minimum Gasteiger partial charge on any atom is -0.496 e. The summed E-state index contributed by atoms with van der Waals surface area (Å²) >= 11 is 13.7. The molecule has 4 rings (SSSR count). The molecular weight excluding hydrogens is 580 g/mol. The van der Waals surface area contributed by atoms with Gasteiger partial charge in [0.2, 0.25) is 0 Å². The first kappa shape index (κ1) is 31.6. The molecule has 0 fully saturated rings. The summed E-state index contributed by atoms with van der Waals surface area (Å²) in [7, 11) is 1.60. The SMILES string of the molecule is COc1cc(-c2nccc(-c3cccc(Nc4nccc(CNC[C@H](C)O)c4F)c3Cl)c2Cl)ccc1CNC[C@@H](C)O. The van der Waals surface area contributed by atoms with E-state index in [1.54, 1.807) is 51.4 Å². The van der Waals surface area contributed by atoms with Gasteiger partial charge in [-0.05, 0) is 38.1 Å². The quantitative estimate of drug-likeness (QED) is 0.126. The van der Waals surface area contributed by atoms with Crippen LogP contribution >= 0.6 is 23.2 Å². The third-order valence-corrected chi connectivity index (χ3v) is 7.26. The Morgan fingerprint density at radius 3 is 2.21 bits per heavy atom. The molecule has 0 aliphatic carbocycles. The Morgan fingerprint density at radius 2 is 1.52 bits per heavy atom. The Hall–Kier alpha value is -3.31. The van der Waals surface area contributed by atoms with Crippen molar-refractivity contribution in [1.29, 1.82) is 0 Å². The minimum atomic E-state index is -0.542. The Bertz CT molecular complexity index is 1520. The van der Waals surface area contributed by atoms with E-state index in [4.69, 9.17) is 27.9 Å². The smallest absolute Gasteiger partial charge is 0.170 e. The van der Waals surface area contributed by atoms with Crippen LogP contribution in [0.1, 0.15) is 25.0 Å². The third-order valence-electron chi connectivity index (χ3n) is 6.47. The average Bonchev–Trinajstić information content (AvgIpc) is 2.96. The molecule has 0 radical (unpaired) electrons. The van der Waals surface area contributed by atoms with Gasteiger partial charge in [0.1, 0.15) is 5.75 Å². The average molecular weight is 615 g/mol. The van der Waals surface area contributed by atoms with E-state index in [9.17, 15) is 10.2 Å². The standard InChI is InChI=1S/C31H34Cl2FN5O3/c1-18(40)14-35-16-21-8-7-20(13-26(21)42-3)30-28(33)24(10-12-37-30)23-5-4-6-25(27(23)32)39-31-29(34)22(9-11-38-31)17-36-15-19(2)41/h4-13,18-19,35-36,40-41H,14-17H2,1-3H3,(H,38,39)/t18-,19+/m1/s1. The van der Waals surface area contributed by atoms with E-state index in [1.807, 2.05) is 24.3 Å². The van der Waals surface area contributed by atoms with E-state index >= 15 is 4.39 Å². The van der Waals surface area contributed by atoms with Crippen molar-refractivity contribution in [2.24, 2.45) is 0 Å². The Kier molecular flexibility index (Phi) is 11.1. The number of methoxy groups -OCH3 is 1. The number of aliphatic hydroxyl groups excluding tert-OH is 2. The van der Waals surface area contributed by atoms with Crippen molar-refractivity contribution < 1.29 is 19.3 Å². The highest BCUT2D eigenvalue weighted by Crippen LogP contribution is 2.41. The first-order valence-corrected chi connectivity index (χ1v) is 14.2. The van der Waals surface area contributed by atoms with Crippen molar-refractivity contribution in [2.75, 3.05) is 25.5 Å². The largest absolute Gasteiger partial charge is 0.496 e. The summed E-state index contributed by atoms with van der Waals surface area (Å²) in [6.07, 6.45) is 2.17. The van der Waals surface area contributed by atoms with Crippen LogP contribution in [0.15, 0.2) is 60.9 Å². The van der Waals surface area contributed by atoms with Crippen molar-refractivity contribution in [3.05, 3.63) is 87.9 Å². The summed E-state index contributed by atoms with van der Waals surface area (Å²) < 4.78 is 20.8. The van der Waals surface area contributed by atoms with Crippen LogP contribution in [-0.2, 0) is 13.1 Å². The van der Waals surface area contributed by atoms with Gasteiger partial charge in [-0.3, -0.25) is 4.98 Å². The number of nitrogens with one attached hydrogen (secondary N) is 3. The summed E-state index contributed by atoms with van der Waals surface area (Å²) in [6, 6.07) is 14.4. The normalized spacial score (nSPS) is 12.7. The number of benzene rings is 2. The molecule has 0 unspecified atom stereocenters. The molecule has 2 aromatic heterocycles. The van der Waals surface area contributed by atoms with Gasteiger partial charge in [-0.15, -0.1) is 0 Å². The summed E-state index contributed by atoms with van der Waals surface area (Å²) in [4.78, 5) is 8.68. The maximum absolute atomic E-state index is 15.2. The summed E-state index contributed by atoms with van der Waals surface area (Å²) in [5.74, 6) is 0.178. The van der Waals surface area contributed by atoms with Crippen molar-refractivity contribution in [3.63, 3.8) is 0 Å². The molecule has 0 amide bonds. The molecule has 42 heavy (non-hydrogen) atoms. The summed E-state index contributed by atoms with van der Waals surface area (Å²) in [6.45, 7) is 4.95. The van der Waals surface area contributed by atoms with Crippen LogP contribution in [0.5, 0.6) is 5.75 Å². The van der Waals surface area contributed by atoms with Crippen molar-refractivity contribution >= 4 is 34.7 Å². The fourth-order valence-corrected chi connectivity index (χ4v) is 4.99. The number of aromatic nitrogens is 2. The maximum Gasteiger partial charge on any atom is 0.170 e. The lowest BCUT2D eigenvalue weighted by Gasteiger charge is -2.16. The van der Waals surface area contributed by atoms with Gasteiger partial charge in [-0.1, -0.05) is 47.5 Å². The molecule has 11 heteroatoms. The molecule has 8 nitrogen and oxygen atoms in total. The number of anilines is 2.